The van der Waals surface area contributed by atoms with Gasteiger partial charge in [-0.1, -0.05) is 45.3 Å². The first kappa shape index (κ1) is 13.3. The van der Waals surface area contributed by atoms with Gasteiger partial charge in [0.15, 0.2) is 0 Å². The number of allylic oxidation sites excluding steroid dienone is 2. The third-order valence-corrected chi connectivity index (χ3v) is 2.65. The standard InChI is InChI=1S/C11H20Cl2/c1-3-5-7-11(13)9-8-10(12)6-4-2/h8-11H,3-7H2,1-2H3/b9-8+. The van der Waals surface area contributed by atoms with Crippen molar-refractivity contribution in [3.05, 3.63) is 12.2 Å². The zero-order valence-electron chi connectivity index (χ0n) is 8.60. The third kappa shape index (κ3) is 8.64. The van der Waals surface area contributed by atoms with Crippen LogP contribution in [0.1, 0.15) is 46.0 Å². The second-order valence-electron chi connectivity index (χ2n) is 3.35. The van der Waals surface area contributed by atoms with E-state index in [1.54, 1.807) is 0 Å². The van der Waals surface area contributed by atoms with E-state index >= 15 is 0 Å². The van der Waals surface area contributed by atoms with Crippen LogP contribution in [0.2, 0.25) is 0 Å². The van der Waals surface area contributed by atoms with E-state index in [-0.39, 0.29) is 10.8 Å². The first-order chi connectivity index (χ1) is 6.20. The van der Waals surface area contributed by atoms with Gasteiger partial charge in [0, 0.05) is 0 Å². The maximum absolute atomic E-state index is 6.06. The fraction of sp³-hybridized carbons (Fsp3) is 0.818. The van der Waals surface area contributed by atoms with Crippen LogP contribution in [0.15, 0.2) is 12.2 Å². The highest BCUT2D eigenvalue weighted by Crippen LogP contribution is 2.12. The van der Waals surface area contributed by atoms with Crippen molar-refractivity contribution in [3.8, 4) is 0 Å². The van der Waals surface area contributed by atoms with Gasteiger partial charge in [0.05, 0.1) is 10.8 Å². The van der Waals surface area contributed by atoms with Gasteiger partial charge in [0.25, 0.3) is 0 Å². The minimum atomic E-state index is 0.160. The van der Waals surface area contributed by atoms with E-state index in [1.807, 2.05) is 12.2 Å². The maximum atomic E-state index is 6.06. The summed E-state index contributed by atoms with van der Waals surface area (Å²) in [6.07, 6.45) is 9.68. The number of hydrogen-bond donors (Lipinski definition) is 0. The lowest BCUT2D eigenvalue weighted by Crippen LogP contribution is -1.97. The van der Waals surface area contributed by atoms with Crippen LogP contribution in [0.25, 0.3) is 0 Å². The van der Waals surface area contributed by atoms with Crippen LogP contribution in [0.5, 0.6) is 0 Å². The van der Waals surface area contributed by atoms with E-state index in [4.69, 9.17) is 23.2 Å². The molecule has 2 heteroatoms. The van der Waals surface area contributed by atoms with Gasteiger partial charge >= 0.3 is 0 Å². The smallest absolute Gasteiger partial charge is 0.0516 e. The quantitative estimate of drug-likeness (QED) is 0.431. The van der Waals surface area contributed by atoms with Gasteiger partial charge in [-0.2, -0.15) is 0 Å². The zero-order chi connectivity index (χ0) is 10.1. The first-order valence-electron chi connectivity index (χ1n) is 5.17. The van der Waals surface area contributed by atoms with Gasteiger partial charge in [-0.15, -0.1) is 23.2 Å². The van der Waals surface area contributed by atoms with Gasteiger partial charge in [-0.25, -0.2) is 0 Å². The summed E-state index contributed by atoms with van der Waals surface area (Å²) in [7, 11) is 0. The van der Waals surface area contributed by atoms with E-state index < -0.39 is 0 Å². The molecule has 0 aromatic heterocycles. The second kappa shape index (κ2) is 8.90. The highest BCUT2D eigenvalue weighted by molar-refractivity contribution is 6.23. The molecule has 78 valence electrons. The zero-order valence-corrected chi connectivity index (χ0v) is 10.1. The van der Waals surface area contributed by atoms with Crippen molar-refractivity contribution in [2.24, 2.45) is 0 Å². The normalized spacial score (nSPS) is 16.3. The Labute approximate surface area is 92.3 Å². The third-order valence-electron chi connectivity index (χ3n) is 1.93. The summed E-state index contributed by atoms with van der Waals surface area (Å²) in [5.74, 6) is 0. The van der Waals surface area contributed by atoms with E-state index in [1.165, 1.54) is 12.8 Å². The lowest BCUT2D eigenvalue weighted by molar-refractivity contribution is 0.731. The predicted molar refractivity (Wildman–Crippen MR) is 62.9 cm³/mol. The summed E-state index contributed by atoms with van der Waals surface area (Å²) < 4.78 is 0. The SMILES string of the molecule is CCCCC(Cl)/C=C/C(Cl)CCC. The van der Waals surface area contributed by atoms with Crippen LogP contribution >= 0.6 is 23.2 Å². The Morgan fingerprint density at radius 2 is 1.46 bits per heavy atom. The molecular formula is C11H20Cl2. The monoisotopic (exact) mass is 222 g/mol. The highest BCUT2D eigenvalue weighted by atomic mass is 35.5. The lowest BCUT2D eigenvalue weighted by Gasteiger charge is -2.04. The average Bonchev–Trinajstić information content (AvgIpc) is 2.12. The Morgan fingerprint density at radius 1 is 0.923 bits per heavy atom. The molecule has 0 aliphatic carbocycles. The van der Waals surface area contributed by atoms with Crippen LogP contribution < -0.4 is 0 Å². The number of alkyl halides is 2. The van der Waals surface area contributed by atoms with Crippen LogP contribution in [0.4, 0.5) is 0 Å². The van der Waals surface area contributed by atoms with Crippen molar-refractivity contribution in [1.82, 2.24) is 0 Å². The van der Waals surface area contributed by atoms with Crippen molar-refractivity contribution < 1.29 is 0 Å². The summed E-state index contributed by atoms with van der Waals surface area (Å²) in [5, 5.41) is 0.325. The molecule has 0 rings (SSSR count). The van der Waals surface area contributed by atoms with Gasteiger partial charge in [-0.05, 0) is 12.8 Å². The summed E-state index contributed by atoms with van der Waals surface area (Å²) in [6.45, 7) is 4.31. The Kier molecular flexibility index (Phi) is 9.12. The Morgan fingerprint density at radius 3 is 1.92 bits per heavy atom. The van der Waals surface area contributed by atoms with Crippen LogP contribution in [0.3, 0.4) is 0 Å². The van der Waals surface area contributed by atoms with Crippen LogP contribution in [0, 0.1) is 0 Å². The molecular weight excluding hydrogens is 203 g/mol. The van der Waals surface area contributed by atoms with Crippen molar-refractivity contribution in [3.63, 3.8) is 0 Å². The van der Waals surface area contributed by atoms with E-state index in [0.717, 1.165) is 19.3 Å². The van der Waals surface area contributed by atoms with Crippen molar-refractivity contribution >= 4 is 23.2 Å². The number of hydrogen-bond acceptors (Lipinski definition) is 0. The fourth-order valence-electron chi connectivity index (χ4n) is 1.11. The Balaban J connectivity index is 3.56. The van der Waals surface area contributed by atoms with Gasteiger partial charge in [0.2, 0.25) is 0 Å². The number of halogens is 2. The molecule has 0 nitrogen and oxygen atoms in total. The number of rotatable bonds is 7. The number of unbranched alkanes of at least 4 members (excludes halogenated alkanes) is 1. The average molecular weight is 223 g/mol. The van der Waals surface area contributed by atoms with Crippen LogP contribution in [-0.4, -0.2) is 10.8 Å². The molecule has 0 radical (unpaired) electrons. The summed E-state index contributed by atoms with van der Waals surface area (Å²) in [5.41, 5.74) is 0. The van der Waals surface area contributed by atoms with Gasteiger partial charge < -0.3 is 0 Å². The lowest BCUT2D eigenvalue weighted by atomic mass is 10.1. The molecule has 0 fully saturated rings. The maximum Gasteiger partial charge on any atom is 0.0516 e. The van der Waals surface area contributed by atoms with Gasteiger partial charge in [-0.3, -0.25) is 0 Å². The van der Waals surface area contributed by atoms with Crippen molar-refractivity contribution in [2.45, 2.75) is 56.7 Å². The molecule has 0 saturated heterocycles. The Hall–Kier alpha value is 0.320. The van der Waals surface area contributed by atoms with Crippen LogP contribution in [-0.2, 0) is 0 Å². The molecule has 0 aliphatic heterocycles. The molecule has 2 atom stereocenters. The van der Waals surface area contributed by atoms with Crippen molar-refractivity contribution in [1.29, 1.82) is 0 Å². The minimum absolute atomic E-state index is 0.160. The molecule has 2 unspecified atom stereocenters. The topological polar surface area (TPSA) is 0 Å². The first-order valence-corrected chi connectivity index (χ1v) is 6.04. The molecule has 0 N–H and O–H groups in total. The molecule has 13 heavy (non-hydrogen) atoms. The molecule has 0 heterocycles. The predicted octanol–water partition coefficient (Wildman–Crippen LogP) is 4.75. The summed E-state index contributed by atoms with van der Waals surface area (Å²) in [6, 6.07) is 0. The van der Waals surface area contributed by atoms with Gasteiger partial charge in [0.1, 0.15) is 0 Å². The fourth-order valence-corrected chi connectivity index (χ4v) is 1.65. The second-order valence-corrected chi connectivity index (χ2v) is 4.47. The molecule has 0 aromatic carbocycles. The highest BCUT2D eigenvalue weighted by Gasteiger charge is 2.01. The molecule has 0 amide bonds. The largest absolute Gasteiger partial charge is 0.118 e. The Bertz CT molecular complexity index is 132. The van der Waals surface area contributed by atoms with Crippen molar-refractivity contribution in [2.75, 3.05) is 0 Å². The van der Waals surface area contributed by atoms with E-state index in [9.17, 15) is 0 Å². The molecule has 0 spiro atoms. The van der Waals surface area contributed by atoms with E-state index in [2.05, 4.69) is 13.8 Å². The summed E-state index contributed by atoms with van der Waals surface area (Å²) in [4.78, 5) is 0. The molecule has 0 aromatic rings. The molecule has 0 saturated carbocycles. The molecule has 0 aliphatic rings. The molecule has 0 bridgehead atoms. The minimum Gasteiger partial charge on any atom is -0.118 e. The summed E-state index contributed by atoms with van der Waals surface area (Å²) >= 11 is 12.1. The van der Waals surface area contributed by atoms with E-state index in [0.29, 0.717) is 0 Å².